The molecule has 0 saturated carbocycles. The third-order valence-corrected chi connectivity index (χ3v) is 4.00. The number of amides is 1. The molecule has 1 aromatic rings. The molecule has 0 aromatic heterocycles. The maximum atomic E-state index is 12.7. The number of carbonyl (C=O) groups is 1. The fourth-order valence-electron chi connectivity index (χ4n) is 2.57. The van der Waals surface area contributed by atoms with Crippen molar-refractivity contribution in [2.75, 3.05) is 19.6 Å². The van der Waals surface area contributed by atoms with E-state index in [0.29, 0.717) is 28.8 Å². The molecule has 1 fully saturated rings. The minimum atomic E-state index is -0.0105. The topological polar surface area (TPSA) is 55.6 Å². The van der Waals surface area contributed by atoms with Crippen molar-refractivity contribution >= 4 is 17.5 Å². The number of carbonyl (C=O) groups excluding carboxylic acids is 1. The van der Waals surface area contributed by atoms with E-state index < -0.39 is 0 Å². The number of rotatable bonds is 4. The molecule has 1 aromatic carbocycles. The molecule has 0 radical (unpaired) electrons. The first-order chi connectivity index (χ1) is 10.0. The van der Waals surface area contributed by atoms with E-state index in [9.17, 15) is 4.79 Å². The van der Waals surface area contributed by atoms with Gasteiger partial charge in [0.2, 0.25) is 0 Å². The van der Waals surface area contributed by atoms with Gasteiger partial charge in [0.05, 0.1) is 11.7 Å². The van der Waals surface area contributed by atoms with Crippen LogP contribution in [0.1, 0.15) is 37.0 Å². The standard InChI is InChI=1S/C16H23ClN2O2/c1-11(2)21-15-4-3-13(17)9-14(15)16(20)19-7-5-12(10-18)6-8-19/h3-4,9,11-12H,5-8,10,18H2,1-2H3. The summed E-state index contributed by atoms with van der Waals surface area (Å²) in [7, 11) is 0. The van der Waals surface area contributed by atoms with Crippen LogP contribution in [0.3, 0.4) is 0 Å². The Morgan fingerprint density at radius 2 is 2.10 bits per heavy atom. The lowest BCUT2D eigenvalue weighted by atomic mass is 9.96. The highest BCUT2D eigenvalue weighted by molar-refractivity contribution is 6.31. The number of piperidine rings is 1. The van der Waals surface area contributed by atoms with Gasteiger partial charge in [-0.25, -0.2) is 0 Å². The van der Waals surface area contributed by atoms with Crippen molar-refractivity contribution in [3.63, 3.8) is 0 Å². The zero-order valence-corrected chi connectivity index (χ0v) is 13.4. The smallest absolute Gasteiger partial charge is 0.257 e. The first kappa shape index (κ1) is 16.1. The minimum Gasteiger partial charge on any atom is -0.490 e. The summed E-state index contributed by atoms with van der Waals surface area (Å²) in [5.41, 5.74) is 6.24. The molecule has 4 nitrogen and oxygen atoms in total. The molecule has 2 rings (SSSR count). The Bertz CT molecular complexity index is 497. The quantitative estimate of drug-likeness (QED) is 0.930. The van der Waals surface area contributed by atoms with Crippen LogP contribution in [-0.2, 0) is 0 Å². The Kier molecular flexibility index (Phi) is 5.48. The predicted molar refractivity (Wildman–Crippen MR) is 84.9 cm³/mol. The number of halogens is 1. The van der Waals surface area contributed by atoms with Crippen molar-refractivity contribution in [1.82, 2.24) is 4.90 Å². The second kappa shape index (κ2) is 7.14. The van der Waals surface area contributed by atoms with Gasteiger partial charge in [0.15, 0.2) is 0 Å². The summed E-state index contributed by atoms with van der Waals surface area (Å²) in [4.78, 5) is 14.6. The number of nitrogens with two attached hydrogens (primary N) is 1. The summed E-state index contributed by atoms with van der Waals surface area (Å²) in [5.74, 6) is 1.11. The van der Waals surface area contributed by atoms with Crippen LogP contribution in [-0.4, -0.2) is 36.5 Å². The molecule has 0 spiro atoms. The van der Waals surface area contributed by atoms with E-state index in [1.54, 1.807) is 18.2 Å². The maximum Gasteiger partial charge on any atom is 0.257 e. The zero-order valence-electron chi connectivity index (χ0n) is 12.6. The highest BCUT2D eigenvalue weighted by atomic mass is 35.5. The van der Waals surface area contributed by atoms with Gasteiger partial charge in [0.25, 0.3) is 5.91 Å². The van der Waals surface area contributed by atoms with Gasteiger partial charge >= 0.3 is 0 Å². The molecule has 1 aliphatic heterocycles. The fraction of sp³-hybridized carbons (Fsp3) is 0.562. The van der Waals surface area contributed by atoms with Gasteiger partial charge in [0.1, 0.15) is 5.75 Å². The molecule has 1 heterocycles. The second-order valence-electron chi connectivity index (χ2n) is 5.78. The van der Waals surface area contributed by atoms with E-state index in [1.807, 2.05) is 18.7 Å². The third kappa shape index (κ3) is 4.11. The molecule has 0 unspecified atom stereocenters. The first-order valence-electron chi connectivity index (χ1n) is 7.46. The number of benzene rings is 1. The van der Waals surface area contributed by atoms with Gasteiger partial charge in [-0.2, -0.15) is 0 Å². The molecule has 0 bridgehead atoms. The highest BCUT2D eigenvalue weighted by Gasteiger charge is 2.25. The third-order valence-electron chi connectivity index (χ3n) is 3.77. The van der Waals surface area contributed by atoms with Crippen molar-refractivity contribution in [3.05, 3.63) is 28.8 Å². The van der Waals surface area contributed by atoms with Gasteiger partial charge in [-0.3, -0.25) is 4.79 Å². The molecular weight excluding hydrogens is 288 g/mol. The molecule has 21 heavy (non-hydrogen) atoms. The molecule has 0 atom stereocenters. The van der Waals surface area contributed by atoms with E-state index in [1.165, 1.54) is 0 Å². The van der Waals surface area contributed by atoms with Crippen LogP contribution >= 0.6 is 11.6 Å². The number of hydrogen-bond acceptors (Lipinski definition) is 3. The van der Waals surface area contributed by atoms with Crippen LogP contribution in [0.5, 0.6) is 5.75 Å². The lowest BCUT2D eigenvalue weighted by Gasteiger charge is -2.32. The monoisotopic (exact) mass is 310 g/mol. The molecular formula is C16H23ClN2O2. The summed E-state index contributed by atoms with van der Waals surface area (Å²) < 4.78 is 5.73. The SMILES string of the molecule is CC(C)Oc1ccc(Cl)cc1C(=O)N1CCC(CN)CC1. The van der Waals surface area contributed by atoms with Crippen molar-refractivity contribution in [3.8, 4) is 5.75 Å². The van der Waals surface area contributed by atoms with Gasteiger partial charge in [-0.1, -0.05) is 11.6 Å². The summed E-state index contributed by atoms with van der Waals surface area (Å²) in [6.45, 7) is 6.06. The van der Waals surface area contributed by atoms with E-state index in [2.05, 4.69) is 0 Å². The Balaban J connectivity index is 2.16. The maximum absolute atomic E-state index is 12.7. The highest BCUT2D eigenvalue weighted by Crippen LogP contribution is 2.27. The normalized spacial score (nSPS) is 16.3. The fourth-order valence-corrected chi connectivity index (χ4v) is 2.74. The van der Waals surface area contributed by atoms with Crippen LogP contribution < -0.4 is 10.5 Å². The predicted octanol–water partition coefficient (Wildman–Crippen LogP) is 2.94. The molecule has 1 saturated heterocycles. The summed E-state index contributed by atoms with van der Waals surface area (Å²) in [6.07, 6.45) is 1.94. The molecule has 116 valence electrons. The summed E-state index contributed by atoms with van der Waals surface area (Å²) in [5, 5.41) is 0.548. The molecule has 1 amide bonds. The Labute approximate surface area is 131 Å². The lowest BCUT2D eigenvalue weighted by molar-refractivity contribution is 0.0687. The number of ether oxygens (including phenoxy) is 1. The summed E-state index contributed by atoms with van der Waals surface area (Å²) >= 11 is 6.04. The van der Waals surface area contributed by atoms with Crippen LogP contribution in [0.25, 0.3) is 0 Å². The van der Waals surface area contributed by atoms with Crippen molar-refractivity contribution < 1.29 is 9.53 Å². The lowest BCUT2D eigenvalue weighted by Crippen LogP contribution is -2.40. The van der Waals surface area contributed by atoms with Crippen molar-refractivity contribution in [2.45, 2.75) is 32.8 Å². The molecule has 0 aliphatic carbocycles. The number of nitrogens with zero attached hydrogens (tertiary/aromatic N) is 1. The second-order valence-corrected chi connectivity index (χ2v) is 6.21. The zero-order chi connectivity index (χ0) is 15.4. The Morgan fingerprint density at radius 3 is 2.67 bits per heavy atom. The van der Waals surface area contributed by atoms with Gasteiger partial charge in [-0.05, 0) is 57.4 Å². The van der Waals surface area contributed by atoms with Gasteiger partial charge in [0, 0.05) is 18.1 Å². The molecule has 5 heteroatoms. The van der Waals surface area contributed by atoms with E-state index in [-0.39, 0.29) is 12.0 Å². The average molecular weight is 311 g/mol. The van der Waals surface area contributed by atoms with Crippen LogP contribution in [0, 0.1) is 5.92 Å². The van der Waals surface area contributed by atoms with Crippen LogP contribution in [0.15, 0.2) is 18.2 Å². The van der Waals surface area contributed by atoms with E-state index in [4.69, 9.17) is 22.1 Å². The van der Waals surface area contributed by atoms with Crippen molar-refractivity contribution in [1.29, 1.82) is 0 Å². The molecule has 1 aliphatic rings. The Morgan fingerprint density at radius 1 is 1.43 bits per heavy atom. The van der Waals surface area contributed by atoms with Crippen molar-refractivity contribution in [2.24, 2.45) is 11.7 Å². The number of likely N-dealkylation sites (tertiary alicyclic amines) is 1. The minimum absolute atomic E-state index is 0.0105. The van der Waals surface area contributed by atoms with E-state index in [0.717, 1.165) is 25.9 Å². The van der Waals surface area contributed by atoms with E-state index >= 15 is 0 Å². The first-order valence-corrected chi connectivity index (χ1v) is 7.84. The summed E-state index contributed by atoms with van der Waals surface area (Å²) in [6, 6.07) is 5.20. The molecule has 2 N–H and O–H groups in total. The Hall–Kier alpha value is -1.26. The van der Waals surface area contributed by atoms with Crippen LogP contribution in [0.4, 0.5) is 0 Å². The largest absolute Gasteiger partial charge is 0.490 e. The van der Waals surface area contributed by atoms with Crippen LogP contribution in [0.2, 0.25) is 5.02 Å². The average Bonchev–Trinajstić information content (AvgIpc) is 2.48. The van der Waals surface area contributed by atoms with Gasteiger partial charge < -0.3 is 15.4 Å². The number of hydrogen-bond donors (Lipinski definition) is 1. The van der Waals surface area contributed by atoms with Gasteiger partial charge in [-0.15, -0.1) is 0 Å².